The lowest BCUT2D eigenvalue weighted by molar-refractivity contribution is 0.0944. The first-order valence-electron chi connectivity index (χ1n) is 6.71. The second-order valence-electron chi connectivity index (χ2n) is 5.11. The van der Waals surface area contributed by atoms with Crippen molar-refractivity contribution in [2.45, 2.75) is 33.3 Å². The average Bonchev–Trinajstić information content (AvgIpc) is 2.92. The number of hydrazine groups is 1. The molecule has 1 amide bonds. The number of ether oxygens (including phenoxy) is 1. The average molecular weight is 289 g/mol. The summed E-state index contributed by atoms with van der Waals surface area (Å²) in [4.78, 5) is 11.2. The third-order valence-electron chi connectivity index (χ3n) is 3.17. The molecule has 112 valence electrons. The molecule has 0 fully saturated rings. The molecule has 2 rings (SSSR count). The molecule has 0 saturated carbocycles. The van der Waals surface area contributed by atoms with Crippen LogP contribution in [0.5, 0.6) is 5.75 Å². The van der Waals surface area contributed by atoms with Crippen LogP contribution in [0.15, 0.2) is 28.8 Å². The third-order valence-corrected chi connectivity index (χ3v) is 3.17. The minimum atomic E-state index is -0.498. The van der Waals surface area contributed by atoms with E-state index in [1.165, 1.54) is 17.2 Å². The number of nitrogen functional groups attached to an aromatic ring is 1. The highest BCUT2D eigenvalue weighted by Gasteiger charge is 2.12. The van der Waals surface area contributed by atoms with E-state index in [0.29, 0.717) is 11.7 Å². The molecule has 0 aliphatic rings. The number of benzene rings is 1. The van der Waals surface area contributed by atoms with Gasteiger partial charge >= 0.3 is 0 Å². The monoisotopic (exact) mass is 289 g/mol. The minimum absolute atomic E-state index is 0.127. The second-order valence-corrected chi connectivity index (χ2v) is 5.11. The number of amides is 1. The van der Waals surface area contributed by atoms with E-state index in [2.05, 4.69) is 32.0 Å². The number of aryl methyl sites for hydroxylation is 1. The number of nitrogens with one attached hydrogen (secondary N) is 1. The molecule has 21 heavy (non-hydrogen) atoms. The first-order valence-corrected chi connectivity index (χ1v) is 6.71. The van der Waals surface area contributed by atoms with E-state index in [0.717, 1.165) is 5.75 Å². The lowest BCUT2D eigenvalue weighted by Gasteiger charge is -2.11. The fourth-order valence-electron chi connectivity index (χ4n) is 2.10. The molecule has 1 heterocycles. The van der Waals surface area contributed by atoms with Gasteiger partial charge in [0.05, 0.1) is 0 Å². The Bertz CT molecular complexity index is 635. The van der Waals surface area contributed by atoms with Gasteiger partial charge < -0.3 is 9.26 Å². The highest BCUT2D eigenvalue weighted by Crippen LogP contribution is 2.24. The molecular formula is C15H19N3O3. The zero-order chi connectivity index (χ0) is 15.4. The smallest absolute Gasteiger partial charge is 0.287 e. The van der Waals surface area contributed by atoms with Gasteiger partial charge in [-0.2, -0.15) is 0 Å². The topological polar surface area (TPSA) is 90.4 Å². The molecule has 3 N–H and O–H groups in total. The van der Waals surface area contributed by atoms with E-state index in [1.807, 2.05) is 17.6 Å². The molecule has 0 bridgehead atoms. The van der Waals surface area contributed by atoms with Crippen molar-refractivity contribution in [1.82, 2.24) is 10.6 Å². The molecule has 6 heteroatoms. The van der Waals surface area contributed by atoms with Gasteiger partial charge in [0.25, 0.3) is 5.91 Å². The SMILES string of the molecule is Cc1cc(OCc2cc(C(=O)NN)no2)ccc1C(C)C. The van der Waals surface area contributed by atoms with Crippen LogP contribution >= 0.6 is 0 Å². The molecule has 0 aliphatic heterocycles. The Hall–Kier alpha value is -2.34. The van der Waals surface area contributed by atoms with Gasteiger partial charge in [-0.1, -0.05) is 25.1 Å². The number of nitrogens with two attached hydrogens (primary N) is 1. The van der Waals surface area contributed by atoms with Gasteiger partial charge in [-0.3, -0.25) is 10.2 Å². The summed E-state index contributed by atoms with van der Waals surface area (Å²) in [5, 5.41) is 3.61. The first kappa shape index (κ1) is 15.1. The fraction of sp³-hybridized carbons (Fsp3) is 0.333. The Morgan fingerprint density at radius 1 is 1.43 bits per heavy atom. The Balaban J connectivity index is 2.01. The van der Waals surface area contributed by atoms with Crippen LogP contribution in [0.25, 0.3) is 0 Å². The maximum Gasteiger partial charge on any atom is 0.287 e. The Labute approximate surface area is 123 Å². The zero-order valence-corrected chi connectivity index (χ0v) is 12.3. The van der Waals surface area contributed by atoms with E-state index in [4.69, 9.17) is 15.1 Å². The van der Waals surface area contributed by atoms with Crippen molar-refractivity contribution in [3.63, 3.8) is 0 Å². The van der Waals surface area contributed by atoms with Gasteiger partial charge in [0.2, 0.25) is 0 Å². The predicted molar refractivity (Wildman–Crippen MR) is 77.8 cm³/mol. The van der Waals surface area contributed by atoms with Crippen molar-refractivity contribution in [2.75, 3.05) is 0 Å². The molecule has 0 aliphatic carbocycles. The van der Waals surface area contributed by atoms with Gasteiger partial charge in [0.1, 0.15) is 12.4 Å². The van der Waals surface area contributed by atoms with Crippen LogP contribution in [0.1, 0.15) is 47.1 Å². The van der Waals surface area contributed by atoms with E-state index in [-0.39, 0.29) is 12.3 Å². The number of carbonyl (C=O) groups is 1. The minimum Gasteiger partial charge on any atom is -0.486 e. The van der Waals surface area contributed by atoms with Gasteiger partial charge in [-0.25, -0.2) is 5.84 Å². The Morgan fingerprint density at radius 3 is 2.81 bits per heavy atom. The predicted octanol–water partition coefficient (Wildman–Crippen LogP) is 2.29. The van der Waals surface area contributed by atoms with Gasteiger partial charge in [-0.05, 0) is 36.1 Å². The second kappa shape index (κ2) is 6.41. The normalized spacial score (nSPS) is 10.7. The van der Waals surface area contributed by atoms with Crippen molar-refractivity contribution >= 4 is 5.91 Å². The van der Waals surface area contributed by atoms with Crippen molar-refractivity contribution in [1.29, 1.82) is 0 Å². The molecule has 0 unspecified atom stereocenters. The number of hydrogen-bond acceptors (Lipinski definition) is 5. The van der Waals surface area contributed by atoms with Crippen LogP contribution in [-0.2, 0) is 6.61 Å². The molecular weight excluding hydrogens is 270 g/mol. The number of aromatic nitrogens is 1. The van der Waals surface area contributed by atoms with Crippen LogP contribution in [0.4, 0.5) is 0 Å². The van der Waals surface area contributed by atoms with Gasteiger partial charge in [0, 0.05) is 6.07 Å². The summed E-state index contributed by atoms with van der Waals surface area (Å²) in [6.45, 7) is 6.56. The van der Waals surface area contributed by atoms with E-state index in [9.17, 15) is 4.79 Å². The molecule has 0 radical (unpaired) electrons. The van der Waals surface area contributed by atoms with Crippen LogP contribution in [0, 0.1) is 6.92 Å². The largest absolute Gasteiger partial charge is 0.486 e. The van der Waals surface area contributed by atoms with Crippen LogP contribution < -0.4 is 16.0 Å². The summed E-state index contributed by atoms with van der Waals surface area (Å²) in [7, 11) is 0. The molecule has 0 saturated heterocycles. The molecule has 0 atom stereocenters. The van der Waals surface area contributed by atoms with Crippen molar-refractivity contribution < 1.29 is 14.1 Å². The lowest BCUT2D eigenvalue weighted by Crippen LogP contribution is -2.30. The Kier molecular flexibility index (Phi) is 4.59. The summed E-state index contributed by atoms with van der Waals surface area (Å²) in [5.41, 5.74) is 4.60. The van der Waals surface area contributed by atoms with Gasteiger partial charge in [-0.15, -0.1) is 0 Å². The fourth-order valence-corrected chi connectivity index (χ4v) is 2.10. The zero-order valence-electron chi connectivity index (χ0n) is 12.3. The molecule has 1 aromatic heterocycles. The number of nitrogens with zero attached hydrogens (tertiary/aromatic N) is 1. The molecule has 0 spiro atoms. The van der Waals surface area contributed by atoms with E-state index >= 15 is 0 Å². The molecule has 6 nitrogen and oxygen atoms in total. The number of carbonyl (C=O) groups excluding carboxylic acids is 1. The first-order chi connectivity index (χ1) is 10.0. The maximum absolute atomic E-state index is 11.2. The maximum atomic E-state index is 11.2. The summed E-state index contributed by atoms with van der Waals surface area (Å²) in [6.07, 6.45) is 0. The molecule has 1 aromatic carbocycles. The number of hydrogen-bond donors (Lipinski definition) is 2. The van der Waals surface area contributed by atoms with Gasteiger partial charge in [0.15, 0.2) is 11.5 Å². The number of rotatable bonds is 5. The van der Waals surface area contributed by atoms with Crippen molar-refractivity contribution in [3.8, 4) is 5.75 Å². The summed E-state index contributed by atoms with van der Waals surface area (Å²) >= 11 is 0. The van der Waals surface area contributed by atoms with Crippen LogP contribution in [0.2, 0.25) is 0 Å². The Morgan fingerprint density at radius 2 is 2.19 bits per heavy atom. The van der Waals surface area contributed by atoms with Crippen LogP contribution in [0.3, 0.4) is 0 Å². The van der Waals surface area contributed by atoms with E-state index < -0.39 is 5.91 Å². The highest BCUT2D eigenvalue weighted by molar-refractivity contribution is 5.91. The van der Waals surface area contributed by atoms with E-state index in [1.54, 1.807) is 0 Å². The van der Waals surface area contributed by atoms with Crippen LogP contribution in [-0.4, -0.2) is 11.1 Å². The van der Waals surface area contributed by atoms with Crippen molar-refractivity contribution in [2.24, 2.45) is 5.84 Å². The van der Waals surface area contributed by atoms with Crippen molar-refractivity contribution in [3.05, 3.63) is 46.8 Å². The standard InChI is InChI=1S/C15H19N3O3/c1-9(2)13-5-4-11(6-10(13)3)20-8-12-7-14(18-21-12)15(19)17-16/h4-7,9H,8,16H2,1-3H3,(H,17,19). The molecule has 2 aromatic rings. The summed E-state index contributed by atoms with van der Waals surface area (Å²) < 4.78 is 10.6. The summed E-state index contributed by atoms with van der Waals surface area (Å²) in [5.74, 6) is 6.21. The summed E-state index contributed by atoms with van der Waals surface area (Å²) in [6, 6.07) is 7.46. The quantitative estimate of drug-likeness (QED) is 0.500. The highest BCUT2D eigenvalue weighted by atomic mass is 16.5. The third kappa shape index (κ3) is 3.61. The lowest BCUT2D eigenvalue weighted by atomic mass is 9.98.